The molecule has 0 N–H and O–H groups in total. The maximum absolute atomic E-state index is 11.7. The van der Waals surface area contributed by atoms with Crippen LogP contribution in [0.15, 0.2) is 18.2 Å². The number of nitro benzene ring substituents is 1. The monoisotopic (exact) mass is 252 g/mol. The molecule has 17 heavy (non-hydrogen) atoms. The highest BCUT2D eigenvalue weighted by atomic mass is 32.1. The minimum atomic E-state index is -0.441. The summed E-state index contributed by atoms with van der Waals surface area (Å²) in [6.07, 6.45) is 0.328. The Morgan fingerprint density at radius 2 is 2.24 bits per heavy atom. The van der Waals surface area contributed by atoms with Crippen LogP contribution in [0.4, 0.5) is 11.4 Å². The van der Waals surface area contributed by atoms with E-state index in [0.717, 1.165) is 0 Å². The summed E-state index contributed by atoms with van der Waals surface area (Å²) in [5.74, 6) is -0.112. The molecular formula is C11H12N2O3S. The lowest BCUT2D eigenvalue weighted by Crippen LogP contribution is -2.25. The molecule has 1 fully saturated rings. The number of nitro groups is 1. The van der Waals surface area contributed by atoms with E-state index in [0.29, 0.717) is 24.2 Å². The number of nitrogens with zero attached hydrogens (tertiary/aromatic N) is 2. The Morgan fingerprint density at radius 3 is 2.76 bits per heavy atom. The largest absolute Gasteiger partial charge is 0.305 e. The van der Waals surface area contributed by atoms with Crippen molar-refractivity contribution in [3.8, 4) is 0 Å². The fourth-order valence-electron chi connectivity index (χ4n) is 2.02. The molecule has 90 valence electrons. The molecule has 6 heteroatoms. The minimum absolute atomic E-state index is 0.00304. The van der Waals surface area contributed by atoms with Crippen LogP contribution in [0.5, 0.6) is 0 Å². The van der Waals surface area contributed by atoms with Crippen molar-refractivity contribution in [1.82, 2.24) is 0 Å². The highest BCUT2D eigenvalue weighted by Crippen LogP contribution is 2.34. The third-order valence-corrected chi connectivity index (χ3v) is 3.14. The average molecular weight is 252 g/mol. The first kappa shape index (κ1) is 11.9. The molecule has 1 amide bonds. The number of anilines is 1. The molecule has 1 aliphatic rings. The van der Waals surface area contributed by atoms with E-state index in [-0.39, 0.29) is 16.8 Å². The van der Waals surface area contributed by atoms with E-state index in [1.165, 1.54) is 4.90 Å². The second-order valence-electron chi connectivity index (χ2n) is 4.06. The zero-order chi connectivity index (χ0) is 12.6. The van der Waals surface area contributed by atoms with Crippen molar-refractivity contribution in [3.63, 3.8) is 0 Å². The van der Waals surface area contributed by atoms with Crippen LogP contribution in [0.2, 0.25) is 0 Å². The Bertz CT molecular complexity index is 490. The molecule has 1 aliphatic heterocycles. The standard InChI is InChI=1S/C11H12N2O3S/c1-7-3-2-4-9(11(7)13(15)16)12-6-8(17)5-10(12)14/h2-4,8,17H,5-6H2,1H3. The van der Waals surface area contributed by atoms with Crippen molar-refractivity contribution in [2.24, 2.45) is 0 Å². The second-order valence-corrected chi connectivity index (χ2v) is 4.79. The first-order valence-electron chi connectivity index (χ1n) is 5.23. The van der Waals surface area contributed by atoms with Gasteiger partial charge >= 0.3 is 0 Å². The zero-order valence-electron chi connectivity index (χ0n) is 9.29. The van der Waals surface area contributed by atoms with E-state index in [2.05, 4.69) is 12.6 Å². The summed E-state index contributed by atoms with van der Waals surface area (Å²) in [6, 6.07) is 4.99. The summed E-state index contributed by atoms with van der Waals surface area (Å²) in [5.41, 5.74) is 0.933. The fraction of sp³-hybridized carbons (Fsp3) is 0.364. The van der Waals surface area contributed by atoms with E-state index in [1.54, 1.807) is 25.1 Å². The van der Waals surface area contributed by atoms with Gasteiger partial charge < -0.3 is 4.90 Å². The highest BCUT2D eigenvalue weighted by Gasteiger charge is 2.33. The number of aryl methyl sites for hydroxylation is 1. The molecular weight excluding hydrogens is 240 g/mol. The molecule has 1 atom stereocenters. The first-order valence-corrected chi connectivity index (χ1v) is 5.74. The Hall–Kier alpha value is -1.56. The molecule has 0 bridgehead atoms. The van der Waals surface area contributed by atoms with Crippen LogP contribution in [0, 0.1) is 17.0 Å². The van der Waals surface area contributed by atoms with Crippen LogP contribution in [-0.2, 0) is 4.79 Å². The molecule has 1 heterocycles. The quantitative estimate of drug-likeness (QED) is 0.497. The van der Waals surface area contributed by atoms with Gasteiger partial charge in [0.15, 0.2) is 0 Å². The third-order valence-electron chi connectivity index (χ3n) is 2.79. The Kier molecular flexibility index (Phi) is 3.06. The molecule has 1 aromatic rings. The zero-order valence-corrected chi connectivity index (χ0v) is 10.2. The number of carbonyl (C=O) groups excluding carboxylic acids is 1. The van der Waals surface area contributed by atoms with Gasteiger partial charge in [0.05, 0.1) is 4.92 Å². The van der Waals surface area contributed by atoms with Gasteiger partial charge in [-0.15, -0.1) is 0 Å². The van der Waals surface area contributed by atoms with E-state index in [9.17, 15) is 14.9 Å². The minimum Gasteiger partial charge on any atom is -0.305 e. The van der Waals surface area contributed by atoms with Gasteiger partial charge in [0.2, 0.25) is 5.91 Å². The predicted molar refractivity (Wildman–Crippen MR) is 67.6 cm³/mol. The molecule has 1 unspecified atom stereocenters. The van der Waals surface area contributed by atoms with Crippen LogP contribution in [0.1, 0.15) is 12.0 Å². The van der Waals surface area contributed by atoms with Crippen molar-refractivity contribution in [1.29, 1.82) is 0 Å². The summed E-state index contributed by atoms with van der Waals surface area (Å²) in [7, 11) is 0. The summed E-state index contributed by atoms with van der Waals surface area (Å²) in [6.45, 7) is 2.09. The van der Waals surface area contributed by atoms with Crippen molar-refractivity contribution < 1.29 is 9.72 Å². The number of thiol groups is 1. The highest BCUT2D eigenvalue weighted by molar-refractivity contribution is 7.81. The smallest absolute Gasteiger partial charge is 0.295 e. The molecule has 0 saturated carbocycles. The van der Waals surface area contributed by atoms with Crippen LogP contribution in [-0.4, -0.2) is 22.6 Å². The maximum Gasteiger partial charge on any atom is 0.295 e. The van der Waals surface area contributed by atoms with Gasteiger partial charge in [0.25, 0.3) is 5.69 Å². The molecule has 0 spiro atoms. The predicted octanol–water partition coefficient (Wildman–Crippen LogP) is 1.94. The van der Waals surface area contributed by atoms with Crippen LogP contribution in [0.3, 0.4) is 0 Å². The van der Waals surface area contributed by atoms with Crippen molar-refractivity contribution in [2.75, 3.05) is 11.4 Å². The molecule has 2 rings (SSSR count). The van der Waals surface area contributed by atoms with Crippen LogP contribution >= 0.6 is 12.6 Å². The normalized spacial score (nSPS) is 19.8. The van der Waals surface area contributed by atoms with Gasteiger partial charge in [-0.1, -0.05) is 12.1 Å². The van der Waals surface area contributed by atoms with Gasteiger partial charge in [-0.05, 0) is 13.0 Å². The van der Waals surface area contributed by atoms with Gasteiger partial charge in [-0.25, -0.2) is 0 Å². The first-order chi connectivity index (χ1) is 8.00. The summed E-state index contributed by atoms with van der Waals surface area (Å²) >= 11 is 4.24. The maximum atomic E-state index is 11.7. The second kappa shape index (κ2) is 4.37. The Balaban J connectivity index is 2.49. The van der Waals surface area contributed by atoms with Gasteiger partial charge in [0.1, 0.15) is 5.69 Å². The number of para-hydroxylation sites is 1. The van der Waals surface area contributed by atoms with E-state index in [4.69, 9.17) is 0 Å². The average Bonchev–Trinajstić information content (AvgIpc) is 2.56. The van der Waals surface area contributed by atoms with Crippen molar-refractivity contribution in [3.05, 3.63) is 33.9 Å². The SMILES string of the molecule is Cc1cccc(N2CC(S)CC2=O)c1[N+](=O)[O-]. The molecule has 1 aromatic carbocycles. The van der Waals surface area contributed by atoms with Gasteiger partial charge in [-0.2, -0.15) is 12.6 Å². The Labute approximate surface area is 104 Å². The number of hydrogen-bond acceptors (Lipinski definition) is 4. The number of carbonyl (C=O) groups is 1. The third kappa shape index (κ3) is 2.12. The van der Waals surface area contributed by atoms with Crippen LogP contribution < -0.4 is 4.90 Å². The molecule has 0 aliphatic carbocycles. The summed E-state index contributed by atoms with van der Waals surface area (Å²) < 4.78 is 0. The molecule has 0 aromatic heterocycles. The lowest BCUT2D eigenvalue weighted by Gasteiger charge is -2.16. The lowest BCUT2D eigenvalue weighted by atomic mass is 10.1. The van der Waals surface area contributed by atoms with Gasteiger partial charge in [-0.3, -0.25) is 14.9 Å². The number of rotatable bonds is 2. The topological polar surface area (TPSA) is 63.5 Å². The van der Waals surface area contributed by atoms with E-state index in [1.807, 2.05) is 0 Å². The van der Waals surface area contributed by atoms with Gasteiger partial charge in [0, 0.05) is 23.8 Å². The molecule has 1 saturated heterocycles. The number of amides is 1. The number of benzene rings is 1. The molecule has 0 radical (unpaired) electrons. The van der Waals surface area contributed by atoms with Crippen molar-refractivity contribution in [2.45, 2.75) is 18.6 Å². The van der Waals surface area contributed by atoms with Crippen LogP contribution in [0.25, 0.3) is 0 Å². The van der Waals surface area contributed by atoms with E-state index >= 15 is 0 Å². The van der Waals surface area contributed by atoms with E-state index < -0.39 is 4.92 Å². The summed E-state index contributed by atoms with van der Waals surface area (Å²) in [4.78, 5) is 23.8. The number of hydrogen-bond donors (Lipinski definition) is 1. The molecule has 5 nitrogen and oxygen atoms in total. The Morgan fingerprint density at radius 1 is 1.53 bits per heavy atom. The fourth-order valence-corrected chi connectivity index (χ4v) is 2.34. The van der Waals surface area contributed by atoms with Crippen molar-refractivity contribution >= 4 is 29.9 Å². The summed E-state index contributed by atoms with van der Waals surface area (Å²) in [5, 5.41) is 11.0. The lowest BCUT2D eigenvalue weighted by molar-refractivity contribution is -0.384.